The Hall–Kier alpha value is -2.57. The number of amides is 1. The molecule has 2 aromatic rings. The number of thioether (sulfide) groups is 1. The maximum Gasteiger partial charge on any atom is 0.264 e. The number of nitrogens with zero attached hydrogens (tertiary/aromatic N) is 2. The maximum absolute atomic E-state index is 12.3. The summed E-state index contributed by atoms with van der Waals surface area (Å²) in [6.07, 6.45) is 1.90. The van der Waals surface area contributed by atoms with Crippen LogP contribution in [0.25, 0.3) is 6.08 Å². The van der Waals surface area contributed by atoms with Gasteiger partial charge >= 0.3 is 0 Å². The molecule has 2 aliphatic rings. The summed E-state index contributed by atoms with van der Waals surface area (Å²) in [6, 6.07) is 16.2. The molecule has 2 aliphatic heterocycles. The zero-order valence-corrected chi connectivity index (χ0v) is 16.0. The van der Waals surface area contributed by atoms with Crippen molar-refractivity contribution in [3.63, 3.8) is 0 Å². The van der Waals surface area contributed by atoms with Crippen LogP contribution in [0, 0.1) is 6.92 Å². The molecule has 0 bridgehead atoms. The fourth-order valence-electron chi connectivity index (χ4n) is 3.05. The molecule has 0 aliphatic carbocycles. The molecule has 1 amide bonds. The number of nitrogens with one attached hydrogen (secondary N) is 1. The lowest BCUT2D eigenvalue weighted by Gasteiger charge is -2.28. The average molecular weight is 379 g/mol. The third-order valence-electron chi connectivity index (χ3n) is 4.45. The molecule has 2 aromatic carbocycles. The Bertz CT molecular complexity index is 900. The van der Waals surface area contributed by atoms with E-state index in [1.54, 1.807) is 0 Å². The molecule has 0 atom stereocenters. The van der Waals surface area contributed by atoms with Gasteiger partial charge in [0.05, 0.1) is 23.8 Å². The average Bonchev–Trinajstić information content (AvgIpc) is 3.02. The lowest BCUT2D eigenvalue weighted by atomic mass is 10.1. The van der Waals surface area contributed by atoms with Crippen LogP contribution < -0.4 is 10.2 Å². The number of carbonyl (C=O) groups excluding carboxylic acids is 1. The summed E-state index contributed by atoms with van der Waals surface area (Å²) >= 11 is 1.37. The number of carbonyl (C=O) groups is 1. The molecule has 2 heterocycles. The number of ether oxygens (including phenoxy) is 1. The molecule has 1 N–H and O–H groups in total. The molecular weight excluding hydrogens is 358 g/mol. The summed E-state index contributed by atoms with van der Waals surface area (Å²) in [4.78, 5) is 19.7. The molecule has 0 spiro atoms. The highest BCUT2D eigenvalue weighted by Crippen LogP contribution is 2.28. The zero-order chi connectivity index (χ0) is 18.6. The highest BCUT2D eigenvalue weighted by molar-refractivity contribution is 8.18. The van der Waals surface area contributed by atoms with Gasteiger partial charge in [-0.1, -0.05) is 24.3 Å². The molecule has 27 heavy (non-hydrogen) atoms. The van der Waals surface area contributed by atoms with Crippen LogP contribution in [0.1, 0.15) is 11.1 Å². The number of benzene rings is 2. The molecule has 138 valence electrons. The van der Waals surface area contributed by atoms with E-state index < -0.39 is 0 Å². The van der Waals surface area contributed by atoms with E-state index in [-0.39, 0.29) is 5.91 Å². The van der Waals surface area contributed by atoms with Gasteiger partial charge in [0, 0.05) is 18.8 Å². The Balaban J connectivity index is 1.48. The van der Waals surface area contributed by atoms with Crippen molar-refractivity contribution in [2.24, 2.45) is 4.99 Å². The van der Waals surface area contributed by atoms with Gasteiger partial charge in [0.2, 0.25) is 0 Å². The number of amidine groups is 1. The first kappa shape index (κ1) is 17.8. The van der Waals surface area contributed by atoms with E-state index in [0.717, 1.165) is 43.1 Å². The van der Waals surface area contributed by atoms with Gasteiger partial charge in [-0.05, 0) is 60.2 Å². The minimum Gasteiger partial charge on any atom is -0.378 e. The Labute approximate surface area is 163 Å². The smallest absolute Gasteiger partial charge is 0.264 e. The van der Waals surface area contributed by atoms with Crippen LogP contribution >= 0.6 is 11.8 Å². The maximum atomic E-state index is 12.3. The lowest BCUT2D eigenvalue weighted by molar-refractivity contribution is -0.115. The first-order valence-electron chi connectivity index (χ1n) is 8.96. The number of rotatable bonds is 3. The third-order valence-corrected chi connectivity index (χ3v) is 5.36. The van der Waals surface area contributed by atoms with Crippen molar-refractivity contribution in [2.45, 2.75) is 6.92 Å². The summed E-state index contributed by atoms with van der Waals surface area (Å²) < 4.78 is 5.39. The van der Waals surface area contributed by atoms with Gasteiger partial charge in [0.25, 0.3) is 5.91 Å². The SMILES string of the molecule is Cc1cccc(N=C2NC(=O)/C(=C/c3ccc(N4CCOCC4)cc3)S2)c1. The molecule has 5 nitrogen and oxygen atoms in total. The van der Waals surface area contributed by atoms with E-state index >= 15 is 0 Å². The first-order valence-corrected chi connectivity index (χ1v) is 9.78. The number of hydrogen-bond acceptors (Lipinski definition) is 5. The number of anilines is 1. The van der Waals surface area contributed by atoms with Crippen LogP contribution in [-0.4, -0.2) is 37.4 Å². The van der Waals surface area contributed by atoms with Crippen molar-refractivity contribution >= 4 is 40.3 Å². The Morgan fingerprint density at radius 3 is 2.67 bits per heavy atom. The van der Waals surface area contributed by atoms with Crippen molar-refractivity contribution < 1.29 is 9.53 Å². The molecule has 2 saturated heterocycles. The van der Waals surface area contributed by atoms with E-state index in [1.165, 1.54) is 17.4 Å². The minimum absolute atomic E-state index is 0.108. The van der Waals surface area contributed by atoms with E-state index in [4.69, 9.17) is 4.74 Å². The van der Waals surface area contributed by atoms with Gasteiger partial charge in [0.1, 0.15) is 0 Å². The van der Waals surface area contributed by atoms with Gasteiger partial charge in [0.15, 0.2) is 5.17 Å². The largest absolute Gasteiger partial charge is 0.378 e. The summed E-state index contributed by atoms with van der Waals surface area (Å²) in [5.41, 5.74) is 4.17. The zero-order valence-electron chi connectivity index (χ0n) is 15.1. The second-order valence-corrected chi connectivity index (χ2v) is 7.54. The van der Waals surface area contributed by atoms with Crippen LogP contribution in [0.3, 0.4) is 0 Å². The molecule has 0 aromatic heterocycles. The third kappa shape index (κ3) is 4.40. The summed E-state index contributed by atoms with van der Waals surface area (Å²) in [5.74, 6) is -0.108. The molecule has 6 heteroatoms. The summed E-state index contributed by atoms with van der Waals surface area (Å²) in [7, 11) is 0. The van der Waals surface area contributed by atoms with Gasteiger partial charge < -0.3 is 15.0 Å². The van der Waals surface area contributed by atoms with Crippen molar-refractivity contribution in [3.8, 4) is 0 Å². The number of hydrogen-bond donors (Lipinski definition) is 1. The van der Waals surface area contributed by atoms with Gasteiger partial charge in [-0.25, -0.2) is 4.99 Å². The fraction of sp³-hybridized carbons (Fsp3) is 0.238. The molecule has 4 rings (SSSR count). The van der Waals surface area contributed by atoms with Gasteiger partial charge in [-0.3, -0.25) is 4.79 Å². The van der Waals surface area contributed by atoms with E-state index in [1.807, 2.05) is 49.4 Å². The first-order chi connectivity index (χ1) is 13.2. The van der Waals surface area contributed by atoms with Crippen molar-refractivity contribution in [3.05, 3.63) is 64.6 Å². The van der Waals surface area contributed by atoms with E-state index in [0.29, 0.717) is 10.1 Å². The monoisotopic (exact) mass is 379 g/mol. The standard InChI is InChI=1S/C21H21N3O2S/c1-15-3-2-4-17(13-15)22-21-23-20(25)19(27-21)14-16-5-7-18(8-6-16)24-9-11-26-12-10-24/h2-8,13-14H,9-12H2,1H3,(H,22,23,25)/b19-14-. The number of morpholine rings is 1. The normalized spacial score (nSPS) is 20.3. The van der Waals surface area contributed by atoms with Gasteiger partial charge in [-0.15, -0.1) is 0 Å². The van der Waals surface area contributed by atoms with Crippen LogP contribution in [0.15, 0.2) is 58.4 Å². The van der Waals surface area contributed by atoms with Crippen LogP contribution in [-0.2, 0) is 9.53 Å². The lowest BCUT2D eigenvalue weighted by Crippen LogP contribution is -2.36. The Kier molecular flexibility index (Phi) is 5.27. The van der Waals surface area contributed by atoms with Crippen molar-refractivity contribution in [1.29, 1.82) is 0 Å². The predicted octanol–water partition coefficient (Wildman–Crippen LogP) is 3.72. The number of aryl methyl sites for hydroxylation is 1. The Morgan fingerprint density at radius 1 is 1.15 bits per heavy atom. The quantitative estimate of drug-likeness (QED) is 0.826. The summed E-state index contributed by atoms with van der Waals surface area (Å²) in [5, 5.41) is 3.45. The van der Waals surface area contributed by atoms with Gasteiger partial charge in [-0.2, -0.15) is 0 Å². The van der Waals surface area contributed by atoms with E-state index in [2.05, 4.69) is 27.3 Å². The molecular formula is C21H21N3O2S. The highest BCUT2D eigenvalue weighted by atomic mass is 32.2. The molecule has 0 unspecified atom stereocenters. The summed E-state index contributed by atoms with van der Waals surface area (Å²) in [6.45, 7) is 5.39. The van der Waals surface area contributed by atoms with Crippen molar-refractivity contribution in [2.75, 3.05) is 31.2 Å². The second-order valence-electron chi connectivity index (χ2n) is 6.51. The number of aliphatic imine (C=N–C) groups is 1. The fourth-order valence-corrected chi connectivity index (χ4v) is 3.89. The van der Waals surface area contributed by atoms with Crippen molar-refractivity contribution in [1.82, 2.24) is 5.32 Å². The molecule has 2 fully saturated rings. The molecule has 0 saturated carbocycles. The predicted molar refractivity (Wildman–Crippen MR) is 111 cm³/mol. The van der Waals surface area contributed by atoms with E-state index in [9.17, 15) is 4.79 Å². The topological polar surface area (TPSA) is 53.9 Å². The second kappa shape index (κ2) is 7.98. The molecule has 0 radical (unpaired) electrons. The Morgan fingerprint density at radius 2 is 1.93 bits per heavy atom. The minimum atomic E-state index is -0.108. The van der Waals surface area contributed by atoms with Crippen LogP contribution in [0.4, 0.5) is 11.4 Å². The van der Waals surface area contributed by atoms with Crippen LogP contribution in [0.2, 0.25) is 0 Å². The van der Waals surface area contributed by atoms with Crippen LogP contribution in [0.5, 0.6) is 0 Å². The highest BCUT2D eigenvalue weighted by Gasteiger charge is 2.23.